The number of nitrogens with zero attached hydrogens (tertiary/aromatic N) is 1. The molecule has 1 aliphatic rings. The van der Waals surface area contributed by atoms with Gasteiger partial charge in [-0.25, -0.2) is 0 Å². The first-order chi connectivity index (χ1) is 16.6. The Morgan fingerprint density at radius 3 is 2.38 bits per heavy atom. The van der Waals surface area contributed by atoms with Crippen molar-refractivity contribution in [1.29, 1.82) is 0 Å². The number of methoxy groups -OCH3 is 3. The van der Waals surface area contributed by atoms with Crippen LogP contribution in [0.4, 0.5) is 0 Å². The number of benzene rings is 3. The van der Waals surface area contributed by atoms with Gasteiger partial charge in [-0.15, -0.1) is 0 Å². The van der Waals surface area contributed by atoms with E-state index in [1.807, 2.05) is 61.5 Å². The summed E-state index contributed by atoms with van der Waals surface area (Å²) in [5.74, 6) is 2.75. The minimum absolute atomic E-state index is 0.130. The Bertz CT molecular complexity index is 1180. The Morgan fingerprint density at radius 2 is 1.65 bits per heavy atom. The van der Waals surface area contributed by atoms with Crippen LogP contribution in [0.2, 0.25) is 0 Å². The van der Waals surface area contributed by atoms with E-state index < -0.39 is 6.17 Å². The summed E-state index contributed by atoms with van der Waals surface area (Å²) in [6, 6.07) is 18.8. The molecule has 0 unspecified atom stereocenters. The molecule has 3 aromatic carbocycles. The van der Waals surface area contributed by atoms with Crippen molar-refractivity contribution in [2.45, 2.75) is 25.6 Å². The lowest BCUT2D eigenvalue weighted by molar-refractivity contribution is 0.313. The van der Waals surface area contributed by atoms with E-state index in [0.29, 0.717) is 30.3 Å². The molecule has 34 heavy (non-hydrogen) atoms. The van der Waals surface area contributed by atoms with E-state index in [9.17, 15) is 5.11 Å². The number of phenolic OH excluding ortho intramolecular Hbond substituents is 1. The fraction of sp³-hybridized carbons (Fsp3) is 0.296. The normalized spacial score (nSPS) is 17.6. The highest BCUT2D eigenvalue weighted by atomic mass is 16.5. The first-order valence-corrected chi connectivity index (χ1v) is 11.2. The van der Waals surface area contributed by atoms with E-state index in [1.54, 1.807) is 27.4 Å². The predicted octanol–water partition coefficient (Wildman–Crippen LogP) is 5.04. The van der Waals surface area contributed by atoms with Crippen molar-refractivity contribution in [3.8, 4) is 28.7 Å². The lowest BCUT2D eigenvalue weighted by Gasteiger charge is -2.32. The minimum Gasteiger partial charge on any atom is -0.504 e. The van der Waals surface area contributed by atoms with Crippen LogP contribution >= 0.6 is 0 Å². The Labute approximate surface area is 200 Å². The fourth-order valence-electron chi connectivity index (χ4n) is 4.19. The third-order valence-electron chi connectivity index (χ3n) is 5.88. The zero-order valence-electron chi connectivity index (χ0n) is 19.9. The molecule has 0 amide bonds. The Hall–Kier alpha value is -3.71. The van der Waals surface area contributed by atoms with E-state index in [-0.39, 0.29) is 11.8 Å². The first kappa shape index (κ1) is 23.4. The summed E-state index contributed by atoms with van der Waals surface area (Å²) in [5, 5.41) is 14.6. The highest BCUT2D eigenvalue weighted by molar-refractivity contribution is 6.02. The molecule has 4 rings (SSSR count). The van der Waals surface area contributed by atoms with Crippen molar-refractivity contribution < 1.29 is 24.1 Å². The molecule has 0 aromatic heterocycles. The van der Waals surface area contributed by atoms with Gasteiger partial charge in [0, 0.05) is 29.3 Å². The molecule has 7 nitrogen and oxygen atoms in total. The molecule has 0 aliphatic carbocycles. The number of aromatic hydroxyl groups is 1. The zero-order chi connectivity index (χ0) is 24.1. The van der Waals surface area contributed by atoms with Gasteiger partial charge in [0.2, 0.25) is 0 Å². The number of hydrogen-bond donors (Lipinski definition) is 2. The average Bonchev–Trinajstić information content (AvgIpc) is 2.89. The lowest BCUT2D eigenvalue weighted by Crippen LogP contribution is -2.33. The molecule has 2 N–H and O–H groups in total. The van der Waals surface area contributed by atoms with Crippen molar-refractivity contribution in [2.24, 2.45) is 4.99 Å². The van der Waals surface area contributed by atoms with Gasteiger partial charge in [0.25, 0.3) is 0 Å². The SMILES string of the molecule is CCOc1cccc([C@@H]2CC(c3cccc(OC)c3)=N[C@@H](c3cc(OC)ccc3OC)N2)c1O. The molecule has 7 heteroatoms. The topological polar surface area (TPSA) is 81.5 Å². The molecule has 1 heterocycles. The van der Waals surface area contributed by atoms with Crippen LogP contribution in [-0.4, -0.2) is 38.8 Å². The largest absolute Gasteiger partial charge is 0.504 e. The highest BCUT2D eigenvalue weighted by Gasteiger charge is 2.30. The summed E-state index contributed by atoms with van der Waals surface area (Å²) in [6.07, 6.45) is 0.138. The maximum atomic E-state index is 11.0. The molecule has 3 aromatic rings. The van der Waals surface area contributed by atoms with Gasteiger partial charge >= 0.3 is 0 Å². The van der Waals surface area contributed by atoms with Crippen molar-refractivity contribution in [3.63, 3.8) is 0 Å². The van der Waals surface area contributed by atoms with Gasteiger partial charge in [-0.2, -0.15) is 0 Å². The number of hydrogen-bond acceptors (Lipinski definition) is 7. The summed E-state index contributed by atoms with van der Waals surface area (Å²) in [4.78, 5) is 5.05. The quantitative estimate of drug-likeness (QED) is 0.488. The van der Waals surface area contributed by atoms with Crippen molar-refractivity contribution in [2.75, 3.05) is 27.9 Å². The third-order valence-corrected chi connectivity index (χ3v) is 5.88. The van der Waals surface area contributed by atoms with E-state index in [4.69, 9.17) is 23.9 Å². The van der Waals surface area contributed by atoms with E-state index in [2.05, 4.69) is 5.32 Å². The molecule has 0 bridgehead atoms. The van der Waals surface area contributed by atoms with Crippen molar-refractivity contribution >= 4 is 5.71 Å². The van der Waals surface area contributed by atoms with Crippen molar-refractivity contribution in [3.05, 3.63) is 77.4 Å². The van der Waals surface area contributed by atoms with E-state index >= 15 is 0 Å². The van der Waals surface area contributed by atoms with Gasteiger partial charge in [-0.05, 0) is 48.9 Å². The van der Waals surface area contributed by atoms with Gasteiger partial charge < -0.3 is 24.1 Å². The van der Waals surface area contributed by atoms with Crippen LogP contribution in [0.25, 0.3) is 0 Å². The minimum atomic E-state index is -0.430. The van der Waals surface area contributed by atoms with Crippen LogP contribution in [0.5, 0.6) is 28.7 Å². The Kier molecular flexibility index (Phi) is 7.23. The van der Waals surface area contributed by atoms with Gasteiger partial charge in [-0.3, -0.25) is 10.3 Å². The smallest absolute Gasteiger partial charge is 0.162 e. The number of rotatable bonds is 8. The van der Waals surface area contributed by atoms with E-state index in [1.165, 1.54) is 0 Å². The Balaban J connectivity index is 1.82. The molecule has 0 saturated heterocycles. The molecule has 2 atom stereocenters. The molecule has 0 fully saturated rings. The van der Waals surface area contributed by atoms with Crippen LogP contribution in [0.15, 0.2) is 65.7 Å². The molecule has 0 saturated carbocycles. The summed E-state index contributed by atoms with van der Waals surface area (Å²) < 4.78 is 22.2. The highest BCUT2D eigenvalue weighted by Crippen LogP contribution is 2.41. The molecule has 0 spiro atoms. The number of phenols is 1. The Morgan fingerprint density at radius 1 is 0.882 bits per heavy atom. The van der Waals surface area contributed by atoms with Gasteiger partial charge in [0.15, 0.2) is 11.5 Å². The van der Waals surface area contributed by atoms with Gasteiger partial charge in [-0.1, -0.05) is 24.3 Å². The zero-order valence-corrected chi connectivity index (χ0v) is 19.9. The number of aliphatic imine (C=N–C) groups is 1. The third kappa shape index (κ3) is 4.79. The predicted molar refractivity (Wildman–Crippen MR) is 132 cm³/mol. The van der Waals surface area contributed by atoms with E-state index in [0.717, 1.165) is 28.2 Å². The maximum absolute atomic E-state index is 11.0. The van der Waals surface area contributed by atoms with Gasteiger partial charge in [0.05, 0.1) is 27.9 Å². The second-order valence-electron chi connectivity index (χ2n) is 7.87. The molecule has 1 aliphatic heterocycles. The first-order valence-electron chi connectivity index (χ1n) is 11.2. The summed E-state index contributed by atoms with van der Waals surface area (Å²) in [5.41, 5.74) is 3.43. The second kappa shape index (κ2) is 10.5. The van der Waals surface area contributed by atoms with Gasteiger partial charge in [0.1, 0.15) is 23.4 Å². The van der Waals surface area contributed by atoms with Crippen LogP contribution in [0.3, 0.4) is 0 Å². The number of nitrogens with one attached hydrogen (secondary N) is 1. The summed E-state index contributed by atoms with van der Waals surface area (Å²) in [6.45, 7) is 2.36. The molecular formula is C27H30N2O5. The lowest BCUT2D eigenvalue weighted by atomic mass is 9.93. The summed E-state index contributed by atoms with van der Waals surface area (Å²) >= 11 is 0. The molecular weight excluding hydrogens is 432 g/mol. The standard InChI is InChI=1S/C27H30N2O5/c1-5-34-25-11-7-10-20(26(25)30)23-16-22(17-8-6-9-18(14-17)31-2)28-27(29-23)21-15-19(32-3)12-13-24(21)33-4/h6-15,23,27,29-30H,5,16H2,1-4H3/t23-,27+/m0/s1. The fourth-order valence-corrected chi connectivity index (χ4v) is 4.19. The number of ether oxygens (including phenoxy) is 4. The van der Waals surface area contributed by atoms with Crippen LogP contribution in [0.1, 0.15) is 42.2 Å². The average molecular weight is 463 g/mol. The second-order valence-corrected chi connectivity index (χ2v) is 7.87. The summed E-state index contributed by atoms with van der Waals surface area (Å²) in [7, 11) is 4.91. The van der Waals surface area contributed by atoms with Crippen LogP contribution in [-0.2, 0) is 0 Å². The van der Waals surface area contributed by atoms with Crippen LogP contribution in [0, 0.1) is 0 Å². The maximum Gasteiger partial charge on any atom is 0.162 e. The molecule has 0 radical (unpaired) electrons. The van der Waals surface area contributed by atoms with Crippen molar-refractivity contribution in [1.82, 2.24) is 5.32 Å². The molecule has 178 valence electrons. The monoisotopic (exact) mass is 462 g/mol. The number of para-hydroxylation sites is 1. The van der Waals surface area contributed by atoms with Crippen LogP contribution < -0.4 is 24.3 Å².